The van der Waals surface area contributed by atoms with E-state index in [2.05, 4.69) is 22.8 Å². The summed E-state index contributed by atoms with van der Waals surface area (Å²) in [6.45, 7) is 3.80. The van der Waals surface area contributed by atoms with Crippen molar-refractivity contribution in [2.75, 3.05) is 5.32 Å². The molecule has 2 amide bonds. The van der Waals surface area contributed by atoms with Crippen LogP contribution < -0.4 is 10.6 Å². The van der Waals surface area contributed by atoms with E-state index in [4.69, 9.17) is 0 Å². The van der Waals surface area contributed by atoms with Gasteiger partial charge in [0.1, 0.15) is 0 Å². The van der Waals surface area contributed by atoms with Crippen LogP contribution in [-0.4, -0.2) is 11.8 Å². The first kappa shape index (κ1) is 17.2. The van der Waals surface area contributed by atoms with Crippen molar-refractivity contribution >= 4 is 17.5 Å². The summed E-state index contributed by atoms with van der Waals surface area (Å²) in [4.78, 5) is 24.3. The first-order chi connectivity index (χ1) is 12.0. The van der Waals surface area contributed by atoms with E-state index in [0.717, 1.165) is 24.0 Å². The van der Waals surface area contributed by atoms with Crippen molar-refractivity contribution in [1.29, 1.82) is 0 Å². The van der Waals surface area contributed by atoms with Gasteiger partial charge in [0.05, 0.1) is 6.04 Å². The standard InChI is InChI=1S/C21H24N2O2/c1-14-7-3-6-10-19(14)23-21(25)20(24)22-15(2)17-12-11-16-8-4-5-9-18(16)13-17/h3,6-7,10-13,15H,4-5,8-9H2,1-2H3,(H,22,24)(H,23,25). The van der Waals surface area contributed by atoms with E-state index in [1.54, 1.807) is 6.07 Å². The molecule has 0 saturated carbocycles. The van der Waals surface area contributed by atoms with Crippen molar-refractivity contribution in [1.82, 2.24) is 5.32 Å². The van der Waals surface area contributed by atoms with Crippen LogP contribution in [0.1, 0.15) is 48.1 Å². The molecule has 130 valence electrons. The number of benzene rings is 2. The highest BCUT2D eigenvalue weighted by molar-refractivity contribution is 6.39. The third-order valence-electron chi connectivity index (χ3n) is 4.82. The summed E-state index contributed by atoms with van der Waals surface area (Å²) in [6, 6.07) is 13.6. The Hall–Kier alpha value is -2.62. The molecule has 0 heterocycles. The van der Waals surface area contributed by atoms with E-state index in [-0.39, 0.29) is 6.04 Å². The highest BCUT2D eigenvalue weighted by Crippen LogP contribution is 2.24. The monoisotopic (exact) mass is 336 g/mol. The number of hydrogen-bond donors (Lipinski definition) is 2. The number of fused-ring (bicyclic) bond motifs is 1. The number of carbonyl (C=O) groups is 2. The Kier molecular flexibility index (Phi) is 5.17. The Morgan fingerprint density at radius 3 is 2.44 bits per heavy atom. The maximum absolute atomic E-state index is 12.2. The zero-order chi connectivity index (χ0) is 17.8. The maximum atomic E-state index is 12.2. The summed E-state index contributed by atoms with van der Waals surface area (Å²) in [5.41, 5.74) is 5.40. The van der Waals surface area contributed by atoms with E-state index in [9.17, 15) is 9.59 Å². The van der Waals surface area contributed by atoms with E-state index in [1.165, 1.54) is 24.0 Å². The van der Waals surface area contributed by atoms with Gasteiger partial charge < -0.3 is 10.6 Å². The molecule has 2 aromatic carbocycles. The number of anilines is 1. The van der Waals surface area contributed by atoms with Crippen LogP contribution >= 0.6 is 0 Å². The molecule has 0 saturated heterocycles. The van der Waals surface area contributed by atoms with Crippen LogP contribution in [0.25, 0.3) is 0 Å². The average Bonchev–Trinajstić information content (AvgIpc) is 2.63. The number of aryl methyl sites for hydroxylation is 3. The topological polar surface area (TPSA) is 58.2 Å². The van der Waals surface area contributed by atoms with Gasteiger partial charge >= 0.3 is 11.8 Å². The summed E-state index contributed by atoms with van der Waals surface area (Å²) in [6.07, 6.45) is 4.69. The first-order valence-electron chi connectivity index (χ1n) is 8.84. The summed E-state index contributed by atoms with van der Waals surface area (Å²) in [5.74, 6) is -1.26. The molecule has 4 nitrogen and oxygen atoms in total. The molecule has 4 heteroatoms. The van der Waals surface area contributed by atoms with Crippen molar-refractivity contribution in [2.24, 2.45) is 0 Å². The molecule has 2 aromatic rings. The lowest BCUT2D eigenvalue weighted by molar-refractivity contribution is -0.136. The maximum Gasteiger partial charge on any atom is 0.313 e. The first-order valence-corrected chi connectivity index (χ1v) is 8.84. The molecule has 1 aliphatic carbocycles. The molecule has 0 spiro atoms. The number of rotatable bonds is 3. The van der Waals surface area contributed by atoms with E-state index in [1.807, 2.05) is 38.1 Å². The lowest BCUT2D eigenvalue weighted by Crippen LogP contribution is -2.37. The lowest BCUT2D eigenvalue weighted by Gasteiger charge is -2.20. The SMILES string of the molecule is Cc1ccccc1NC(=O)C(=O)NC(C)c1ccc2c(c1)CCCC2. The van der Waals surface area contributed by atoms with E-state index >= 15 is 0 Å². The molecule has 0 radical (unpaired) electrons. The minimum Gasteiger partial charge on any atom is -0.341 e. The van der Waals surface area contributed by atoms with Crippen molar-refractivity contribution in [3.05, 3.63) is 64.7 Å². The number of amides is 2. The van der Waals surface area contributed by atoms with Crippen LogP contribution in [0, 0.1) is 6.92 Å². The molecule has 1 aliphatic rings. The van der Waals surface area contributed by atoms with Crippen LogP contribution in [0.3, 0.4) is 0 Å². The van der Waals surface area contributed by atoms with Gasteiger partial charge in [0, 0.05) is 5.69 Å². The Bertz CT molecular complexity index is 798. The summed E-state index contributed by atoms with van der Waals surface area (Å²) >= 11 is 0. The largest absolute Gasteiger partial charge is 0.341 e. The minimum atomic E-state index is -0.640. The van der Waals surface area contributed by atoms with Gasteiger partial charge in [-0.05, 0) is 67.9 Å². The predicted molar refractivity (Wildman–Crippen MR) is 99.5 cm³/mol. The van der Waals surface area contributed by atoms with Crippen molar-refractivity contribution in [3.63, 3.8) is 0 Å². The molecule has 0 aliphatic heterocycles. The lowest BCUT2D eigenvalue weighted by atomic mass is 9.89. The fraction of sp³-hybridized carbons (Fsp3) is 0.333. The predicted octanol–water partition coefficient (Wildman–Crippen LogP) is 3.69. The second kappa shape index (κ2) is 7.51. The highest BCUT2D eigenvalue weighted by Gasteiger charge is 2.19. The van der Waals surface area contributed by atoms with Crippen LogP contribution in [-0.2, 0) is 22.4 Å². The van der Waals surface area contributed by atoms with Crippen LogP contribution in [0.15, 0.2) is 42.5 Å². The Labute approximate surface area is 148 Å². The van der Waals surface area contributed by atoms with Gasteiger partial charge in [-0.3, -0.25) is 9.59 Å². The fourth-order valence-corrected chi connectivity index (χ4v) is 3.26. The van der Waals surface area contributed by atoms with Crippen LogP contribution in [0.5, 0.6) is 0 Å². The van der Waals surface area contributed by atoms with Crippen LogP contribution in [0.4, 0.5) is 5.69 Å². The normalized spacial score (nSPS) is 14.3. The molecule has 3 rings (SSSR count). The van der Waals surface area contributed by atoms with Gasteiger partial charge in [0.2, 0.25) is 0 Å². The molecular weight excluding hydrogens is 312 g/mol. The molecule has 0 bridgehead atoms. The number of hydrogen-bond acceptors (Lipinski definition) is 2. The van der Waals surface area contributed by atoms with Gasteiger partial charge in [0.25, 0.3) is 0 Å². The number of para-hydroxylation sites is 1. The van der Waals surface area contributed by atoms with Gasteiger partial charge in [-0.2, -0.15) is 0 Å². The zero-order valence-corrected chi connectivity index (χ0v) is 14.8. The second-order valence-corrected chi connectivity index (χ2v) is 6.70. The third-order valence-corrected chi connectivity index (χ3v) is 4.82. The second-order valence-electron chi connectivity index (χ2n) is 6.70. The van der Waals surface area contributed by atoms with E-state index < -0.39 is 11.8 Å². The summed E-state index contributed by atoms with van der Waals surface area (Å²) in [7, 11) is 0. The highest BCUT2D eigenvalue weighted by atomic mass is 16.2. The van der Waals surface area contributed by atoms with Crippen molar-refractivity contribution < 1.29 is 9.59 Å². The number of carbonyl (C=O) groups excluding carboxylic acids is 2. The molecule has 0 fully saturated rings. The zero-order valence-electron chi connectivity index (χ0n) is 14.8. The molecule has 0 aromatic heterocycles. The fourth-order valence-electron chi connectivity index (χ4n) is 3.26. The van der Waals surface area contributed by atoms with Gasteiger partial charge in [-0.25, -0.2) is 0 Å². The molecule has 2 N–H and O–H groups in total. The molecule has 25 heavy (non-hydrogen) atoms. The quantitative estimate of drug-likeness (QED) is 0.840. The Balaban J connectivity index is 1.64. The summed E-state index contributed by atoms with van der Waals surface area (Å²) in [5, 5.41) is 5.46. The van der Waals surface area contributed by atoms with Gasteiger partial charge in [0.15, 0.2) is 0 Å². The third kappa shape index (κ3) is 4.08. The molecule has 1 atom stereocenters. The van der Waals surface area contributed by atoms with Gasteiger partial charge in [-0.1, -0.05) is 36.4 Å². The minimum absolute atomic E-state index is 0.206. The van der Waals surface area contributed by atoms with Crippen LogP contribution in [0.2, 0.25) is 0 Å². The molecule has 1 unspecified atom stereocenters. The average molecular weight is 336 g/mol. The Morgan fingerprint density at radius 2 is 1.68 bits per heavy atom. The number of nitrogens with one attached hydrogen (secondary N) is 2. The summed E-state index contributed by atoms with van der Waals surface area (Å²) < 4.78 is 0. The van der Waals surface area contributed by atoms with Crippen molar-refractivity contribution in [3.8, 4) is 0 Å². The van der Waals surface area contributed by atoms with Gasteiger partial charge in [-0.15, -0.1) is 0 Å². The molecular formula is C21H24N2O2. The Morgan fingerprint density at radius 1 is 0.960 bits per heavy atom. The van der Waals surface area contributed by atoms with Crippen molar-refractivity contribution in [2.45, 2.75) is 45.6 Å². The smallest absolute Gasteiger partial charge is 0.313 e. The van der Waals surface area contributed by atoms with E-state index in [0.29, 0.717) is 5.69 Å².